The molecule has 2 heterocycles. The van der Waals surface area contributed by atoms with Gasteiger partial charge >= 0.3 is 0 Å². The summed E-state index contributed by atoms with van der Waals surface area (Å²) in [7, 11) is 0. The molecule has 0 bridgehead atoms. The Labute approximate surface area is 503 Å². The summed E-state index contributed by atoms with van der Waals surface area (Å²) >= 11 is 7.94. The van der Waals surface area contributed by atoms with Gasteiger partial charge in [0.1, 0.15) is 0 Å². The monoisotopic (exact) mass is 1200 g/mol. The van der Waals surface area contributed by atoms with Crippen LogP contribution in [0.2, 0.25) is 0 Å². The van der Waals surface area contributed by atoms with Gasteiger partial charge in [-0.2, -0.15) is 0 Å². The normalized spacial score (nSPS) is 11.9. The quantitative estimate of drug-likeness (QED) is 0.0338. The van der Waals surface area contributed by atoms with Gasteiger partial charge in [0.15, 0.2) is 0 Å². The highest BCUT2D eigenvalue weighted by Crippen LogP contribution is 2.40. The van der Waals surface area contributed by atoms with E-state index in [2.05, 4.69) is 176 Å². The molecule has 0 atom stereocenters. The second-order valence-corrected chi connectivity index (χ2v) is 26.0. The van der Waals surface area contributed by atoms with Crippen LogP contribution < -0.4 is 0 Å². The molecule has 8 rings (SSSR count). The van der Waals surface area contributed by atoms with Gasteiger partial charge in [-0.1, -0.05) is 293 Å². The van der Waals surface area contributed by atoms with E-state index in [4.69, 9.17) is 0 Å². The van der Waals surface area contributed by atoms with E-state index in [1.165, 1.54) is 308 Å². The molecule has 0 aliphatic rings. The predicted molar refractivity (Wildman–Crippen MR) is 361 cm³/mol. The summed E-state index contributed by atoms with van der Waals surface area (Å²) in [6.07, 6.45) is 53.2. The van der Waals surface area contributed by atoms with Crippen LogP contribution in [0.1, 0.15) is 256 Å². The van der Waals surface area contributed by atoms with Crippen molar-refractivity contribution in [3.63, 3.8) is 0 Å². The standard InChI is InChI=1S/C76H102Br2N2/c1-3-5-7-9-11-13-15-17-19-21-23-25-27-29-31-33-35-37-41-61-47-57-73-69(59-61)67-43-39-45-71(77)75(67)79(73)65-53-49-63(50-54-65)64-51-55-66(56-52-64)80-74-58-48-62(60-70(74)68-44-40-46-72(78)76(68)80)42-38-36-34-32-30-28-26-24-22-20-18-16-14-12-10-8-6-4-2/h39-40,43-60H,3-38,41-42H2,1-2H3. The number of rotatable bonds is 41. The van der Waals surface area contributed by atoms with Crippen molar-refractivity contribution in [1.82, 2.24) is 9.13 Å². The van der Waals surface area contributed by atoms with Gasteiger partial charge in [0, 0.05) is 41.9 Å². The molecule has 80 heavy (non-hydrogen) atoms. The van der Waals surface area contributed by atoms with E-state index >= 15 is 0 Å². The number of fused-ring (bicyclic) bond motifs is 6. The molecular weight excluding hydrogens is 1100 g/mol. The van der Waals surface area contributed by atoms with Crippen LogP contribution in [-0.2, 0) is 12.8 Å². The summed E-state index contributed by atoms with van der Waals surface area (Å²) in [4.78, 5) is 0. The molecule has 0 unspecified atom stereocenters. The van der Waals surface area contributed by atoms with Gasteiger partial charge < -0.3 is 9.13 Å². The Hall–Kier alpha value is -4.12. The Balaban J connectivity index is 0.795. The van der Waals surface area contributed by atoms with Crippen molar-refractivity contribution in [2.45, 2.75) is 258 Å². The van der Waals surface area contributed by atoms with Crippen molar-refractivity contribution >= 4 is 75.5 Å². The number of unbranched alkanes of at least 4 members (excludes halogenated alkanes) is 34. The van der Waals surface area contributed by atoms with Crippen LogP contribution in [-0.4, -0.2) is 9.13 Å². The number of halogens is 2. The topological polar surface area (TPSA) is 9.86 Å². The summed E-state index contributed by atoms with van der Waals surface area (Å²) in [5, 5.41) is 5.30. The molecule has 0 radical (unpaired) electrons. The van der Waals surface area contributed by atoms with Gasteiger partial charge in [0.2, 0.25) is 0 Å². The molecule has 0 aliphatic heterocycles. The lowest BCUT2D eigenvalue weighted by molar-refractivity contribution is 0.525. The molecule has 0 saturated heterocycles. The van der Waals surface area contributed by atoms with E-state index in [0.717, 1.165) is 21.8 Å². The molecule has 8 aromatic rings. The average molecular weight is 1200 g/mol. The Bertz CT molecular complexity index is 2800. The highest BCUT2D eigenvalue weighted by molar-refractivity contribution is 9.11. The lowest BCUT2D eigenvalue weighted by Crippen LogP contribution is -1.96. The summed E-state index contributed by atoms with van der Waals surface area (Å²) < 4.78 is 7.17. The number of para-hydroxylation sites is 2. The molecule has 0 aliphatic carbocycles. The minimum atomic E-state index is 1.13. The van der Waals surface area contributed by atoms with E-state index in [1.54, 1.807) is 0 Å². The summed E-state index contributed by atoms with van der Waals surface area (Å²) in [6.45, 7) is 4.61. The van der Waals surface area contributed by atoms with E-state index < -0.39 is 0 Å². The first-order valence-corrected chi connectivity index (χ1v) is 34.8. The maximum atomic E-state index is 3.97. The molecule has 0 spiro atoms. The van der Waals surface area contributed by atoms with Gasteiger partial charge in [-0.15, -0.1) is 0 Å². The van der Waals surface area contributed by atoms with Gasteiger partial charge in [0.05, 0.1) is 22.1 Å². The first-order valence-electron chi connectivity index (χ1n) is 33.2. The van der Waals surface area contributed by atoms with Crippen LogP contribution in [0.3, 0.4) is 0 Å². The van der Waals surface area contributed by atoms with E-state index in [9.17, 15) is 0 Å². The molecule has 6 aromatic carbocycles. The Morgan fingerprint density at radius 3 is 0.838 bits per heavy atom. The third-order valence-electron chi connectivity index (χ3n) is 17.8. The molecule has 0 N–H and O–H groups in total. The second kappa shape index (κ2) is 35.1. The summed E-state index contributed by atoms with van der Waals surface area (Å²) in [5.74, 6) is 0. The largest absolute Gasteiger partial charge is 0.308 e. The fourth-order valence-corrected chi connectivity index (χ4v) is 14.2. The number of benzene rings is 6. The lowest BCUT2D eigenvalue weighted by Gasteiger charge is -2.12. The molecule has 2 nitrogen and oxygen atoms in total. The van der Waals surface area contributed by atoms with Crippen LogP contribution in [0.5, 0.6) is 0 Å². The molecule has 0 fully saturated rings. The Morgan fingerprint density at radius 2 is 0.550 bits per heavy atom. The zero-order valence-corrected chi connectivity index (χ0v) is 53.2. The van der Waals surface area contributed by atoms with Crippen LogP contribution in [0, 0.1) is 0 Å². The number of aryl methyl sites for hydroxylation is 2. The van der Waals surface area contributed by atoms with Gasteiger partial charge in [-0.3, -0.25) is 0 Å². The van der Waals surface area contributed by atoms with Gasteiger partial charge in [-0.05, 0) is 140 Å². The van der Waals surface area contributed by atoms with Crippen LogP contribution in [0.25, 0.3) is 66.1 Å². The fraction of sp³-hybridized carbons (Fsp3) is 0.526. The van der Waals surface area contributed by atoms with Crippen molar-refractivity contribution in [2.75, 3.05) is 0 Å². The third kappa shape index (κ3) is 18.4. The second-order valence-electron chi connectivity index (χ2n) is 24.3. The zero-order valence-electron chi connectivity index (χ0n) is 50.1. The van der Waals surface area contributed by atoms with E-state index in [-0.39, 0.29) is 0 Å². The smallest absolute Gasteiger partial charge is 0.0683 e. The van der Waals surface area contributed by atoms with Crippen LogP contribution in [0.15, 0.2) is 130 Å². The van der Waals surface area contributed by atoms with Crippen molar-refractivity contribution in [3.05, 3.63) is 141 Å². The predicted octanol–water partition coefficient (Wildman–Crippen LogP) is 26.2. The molecule has 4 heteroatoms. The minimum Gasteiger partial charge on any atom is -0.308 e. The van der Waals surface area contributed by atoms with Crippen LogP contribution >= 0.6 is 31.9 Å². The lowest BCUT2D eigenvalue weighted by atomic mass is 10.0. The minimum absolute atomic E-state index is 1.13. The van der Waals surface area contributed by atoms with Gasteiger partial charge in [0.25, 0.3) is 0 Å². The summed E-state index contributed by atoms with van der Waals surface area (Å²) in [6, 6.07) is 46.2. The Kier molecular flexibility index (Phi) is 27.2. The molecule has 2 aromatic heterocycles. The number of hydrogen-bond donors (Lipinski definition) is 0. The third-order valence-corrected chi connectivity index (χ3v) is 19.1. The van der Waals surface area contributed by atoms with Gasteiger partial charge in [-0.25, -0.2) is 0 Å². The fourth-order valence-electron chi connectivity index (χ4n) is 13.1. The van der Waals surface area contributed by atoms with Crippen LogP contribution in [0.4, 0.5) is 0 Å². The Morgan fingerprint density at radius 1 is 0.275 bits per heavy atom. The number of aromatic nitrogens is 2. The number of nitrogens with zero attached hydrogens (tertiary/aromatic N) is 2. The zero-order chi connectivity index (χ0) is 55.4. The van der Waals surface area contributed by atoms with E-state index in [1.807, 2.05) is 0 Å². The summed E-state index contributed by atoms with van der Waals surface area (Å²) in [5.41, 5.74) is 12.7. The first-order chi connectivity index (χ1) is 39.6. The first kappa shape index (κ1) is 61.9. The highest BCUT2D eigenvalue weighted by Gasteiger charge is 2.18. The molecule has 430 valence electrons. The molecule has 0 amide bonds. The SMILES string of the molecule is CCCCCCCCCCCCCCCCCCCCc1ccc2c(c1)c1cccc(Br)c1n2-c1ccc(-c2ccc(-n3c4ccc(CCCCCCCCCCCCCCCCCCCC)cc4c4cccc(Br)c43)cc2)cc1. The maximum absolute atomic E-state index is 3.97. The molecular formula is C76H102Br2N2. The maximum Gasteiger partial charge on any atom is 0.0683 e. The van der Waals surface area contributed by atoms with Crippen molar-refractivity contribution < 1.29 is 0 Å². The van der Waals surface area contributed by atoms with E-state index in [0.29, 0.717) is 0 Å². The number of hydrogen-bond acceptors (Lipinski definition) is 0. The van der Waals surface area contributed by atoms with Crippen molar-refractivity contribution in [1.29, 1.82) is 0 Å². The molecule has 0 saturated carbocycles. The van der Waals surface area contributed by atoms with Crippen molar-refractivity contribution in [2.24, 2.45) is 0 Å². The average Bonchev–Trinajstić information content (AvgIpc) is 4.19. The highest BCUT2D eigenvalue weighted by atomic mass is 79.9. The van der Waals surface area contributed by atoms with Crippen molar-refractivity contribution in [3.8, 4) is 22.5 Å².